The Morgan fingerprint density at radius 3 is 2.38 bits per heavy atom. The number of rotatable bonds is 5. The summed E-state index contributed by atoms with van der Waals surface area (Å²) in [7, 11) is 0. The van der Waals surface area contributed by atoms with Crippen molar-refractivity contribution in [3.05, 3.63) is 34.6 Å². The molecule has 10 heteroatoms. The van der Waals surface area contributed by atoms with Gasteiger partial charge in [-0.05, 0) is 50.7 Å². The SMILES string of the molecule is NC1CCC(Nc2nc(N(N)c3c(Cl)cccc3Cl)c3ncn(C4CCCC4)c3n2)CC1. The number of hydrogen-bond donors (Lipinski definition) is 3. The minimum Gasteiger partial charge on any atom is -0.351 e. The molecule has 1 aromatic carbocycles. The van der Waals surface area contributed by atoms with E-state index in [0.717, 1.165) is 44.2 Å². The number of anilines is 3. The van der Waals surface area contributed by atoms with Crippen LogP contribution in [-0.2, 0) is 0 Å². The van der Waals surface area contributed by atoms with E-state index in [1.54, 1.807) is 18.2 Å². The third kappa shape index (κ3) is 4.12. The molecule has 32 heavy (non-hydrogen) atoms. The first kappa shape index (κ1) is 21.7. The molecule has 2 heterocycles. The monoisotopic (exact) mass is 474 g/mol. The van der Waals surface area contributed by atoms with Crippen molar-refractivity contribution in [3.8, 4) is 0 Å². The fourth-order valence-corrected chi connectivity index (χ4v) is 5.43. The topological polar surface area (TPSA) is 111 Å². The van der Waals surface area contributed by atoms with Crippen LogP contribution in [0.1, 0.15) is 57.4 Å². The predicted molar refractivity (Wildman–Crippen MR) is 129 cm³/mol. The smallest absolute Gasteiger partial charge is 0.227 e. The number of halogens is 2. The summed E-state index contributed by atoms with van der Waals surface area (Å²) in [5.41, 5.74) is 7.97. The number of hydrogen-bond acceptors (Lipinski definition) is 7. The zero-order chi connectivity index (χ0) is 22.2. The van der Waals surface area contributed by atoms with E-state index in [0.29, 0.717) is 39.1 Å². The molecule has 3 aromatic rings. The van der Waals surface area contributed by atoms with Gasteiger partial charge in [-0.15, -0.1) is 0 Å². The van der Waals surface area contributed by atoms with Crippen molar-refractivity contribution in [2.45, 2.75) is 69.5 Å². The molecule has 0 spiro atoms. The maximum Gasteiger partial charge on any atom is 0.227 e. The normalized spacial score (nSPS) is 21.9. The molecule has 2 aliphatic carbocycles. The molecule has 2 saturated carbocycles. The summed E-state index contributed by atoms with van der Waals surface area (Å²) in [5, 5.41) is 5.81. The van der Waals surface area contributed by atoms with E-state index in [-0.39, 0.29) is 12.1 Å². The Labute approximate surface area is 197 Å². The first-order chi connectivity index (χ1) is 15.5. The van der Waals surface area contributed by atoms with E-state index in [9.17, 15) is 0 Å². The summed E-state index contributed by atoms with van der Waals surface area (Å²) in [6.45, 7) is 0. The summed E-state index contributed by atoms with van der Waals surface area (Å²) in [6.07, 6.45) is 10.5. The Morgan fingerprint density at radius 2 is 1.69 bits per heavy atom. The molecule has 5 rings (SSSR count). The van der Waals surface area contributed by atoms with Gasteiger partial charge < -0.3 is 15.6 Å². The van der Waals surface area contributed by atoms with E-state index in [4.69, 9.17) is 44.7 Å². The van der Waals surface area contributed by atoms with Gasteiger partial charge in [-0.1, -0.05) is 42.1 Å². The standard InChI is InChI=1S/C22H28Cl2N8/c23-16-6-3-7-17(24)19(16)32(26)21-18-20(31(12-27-18)15-4-1-2-5-15)29-22(30-21)28-14-10-8-13(25)9-11-14/h3,6-7,12-15H,1-2,4-5,8-11,25-26H2,(H,28,29,30). The molecule has 0 aliphatic heterocycles. The minimum atomic E-state index is 0.276. The lowest BCUT2D eigenvalue weighted by Crippen LogP contribution is -2.33. The molecule has 0 saturated heterocycles. The molecule has 2 aromatic heterocycles. The highest BCUT2D eigenvalue weighted by Gasteiger charge is 2.26. The first-order valence-corrected chi connectivity index (χ1v) is 12.0. The fraction of sp³-hybridized carbons (Fsp3) is 0.500. The van der Waals surface area contributed by atoms with Gasteiger partial charge >= 0.3 is 0 Å². The van der Waals surface area contributed by atoms with Crippen LogP contribution in [0.4, 0.5) is 17.5 Å². The second-order valence-corrected chi connectivity index (χ2v) is 9.64. The zero-order valence-electron chi connectivity index (χ0n) is 17.8. The Kier molecular flexibility index (Phi) is 6.11. The molecule has 2 aliphatic rings. The van der Waals surface area contributed by atoms with E-state index in [1.807, 2.05) is 6.33 Å². The van der Waals surface area contributed by atoms with Crippen LogP contribution in [0.2, 0.25) is 10.0 Å². The number of benzene rings is 1. The summed E-state index contributed by atoms with van der Waals surface area (Å²) in [6, 6.07) is 6.23. The molecule has 170 valence electrons. The zero-order valence-corrected chi connectivity index (χ0v) is 19.4. The van der Waals surface area contributed by atoms with Gasteiger partial charge in [0.25, 0.3) is 0 Å². The molecule has 0 amide bonds. The van der Waals surface area contributed by atoms with Crippen molar-refractivity contribution in [1.29, 1.82) is 0 Å². The highest BCUT2D eigenvalue weighted by molar-refractivity contribution is 6.39. The average Bonchev–Trinajstić information content (AvgIpc) is 3.44. The minimum absolute atomic E-state index is 0.276. The highest BCUT2D eigenvalue weighted by atomic mass is 35.5. The van der Waals surface area contributed by atoms with Crippen LogP contribution < -0.4 is 21.9 Å². The number of nitrogens with zero attached hydrogens (tertiary/aromatic N) is 5. The maximum atomic E-state index is 6.55. The fourth-order valence-electron chi connectivity index (χ4n) is 4.85. The summed E-state index contributed by atoms with van der Waals surface area (Å²) >= 11 is 12.9. The van der Waals surface area contributed by atoms with E-state index >= 15 is 0 Å². The lowest BCUT2D eigenvalue weighted by atomic mass is 9.92. The predicted octanol–water partition coefficient (Wildman–Crippen LogP) is 4.94. The van der Waals surface area contributed by atoms with Crippen molar-refractivity contribution in [3.63, 3.8) is 0 Å². The number of hydrazine groups is 1. The van der Waals surface area contributed by atoms with Crippen LogP contribution in [-0.4, -0.2) is 31.6 Å². The number of fused-ring (bicyclic) bond motifs is 1. The lowest BCUT2D eigenvalue weighted by molar-refractivity contribution is 0.410. The van der Waals surface area contributed by atoms with Crippen molar-refractivity contribution in [1.82, 2.24) is 19.5 Å². The van der Waals surface area contributed by atoms with Gasteiger partial charge in [0, 0.05) is 18.1 Å². The Morgan fingerprint density at radius 1 is 1.00 bits per heavy atom. The van der Waals surface area contributed by atoms with Crippen LogP contribution in [0.25, 0.3) is 11.2 Å². The quantitative estimate of drug-likeness (QED) is 0.354. The molecule has 0 radical (unpaired) electrons. The Bertz CT molecular complexity index is 1080. The van der Waals surface area contributed by atoms with E-state index in [1.165, 1.54) is 17.9 Å². The van der Waals surface area contributed by atoms with Gasteiger partial charge in [0.2, 0.25) is 5.95 Å². The van der Waals surface area contributed by atoms with Crippen molar-refractivity contribution < 1.29 is 0 Å². The first-order valence-electron chi connectivity index (χ1n) is 11.3. The van der Waals surface area contributed by atoms with Crippen LogP contribution >= 0.6 is 23.2 Å². The van der Waals surface area contributed by atoms with Crippen molar-refractivity contribution in [2.75, 3.05) is 10.3 Å². The maximum absolute atomic E-state index is 6.55. The number of imidazole rings is 1. The summed E-state index contributed by atoms with van der Waals surface area (Å²) in [5.74, 6) is 7.55. The molecule has 0 atom stereocenters. The average molecular weight is 475 g/mol. The molecular formula is C22H28Cl2N8. The van der Waals surface area contributed by atoms with Crippen molar-refractivity contribution in [2.24, 2.45) is 11.6 Å². The van der Waals surface area contributed by atoms with E-state index < -0.39 is 0 Å². The molecule has 0 unspecified atom stereocenters. The molecular weight excluding hydrogens is 447 g/mol. The summed E-state index contributed by atoms with van der Waals surface area (Å²) in [4.78, 5) is 14.3. The second-order valence-electron chi connectivity index (χ2n) is 8.83. The third-order valence-electron chi connectivity index (χ3n) is 6.63. The Balaban J connectivity index is 1.58. The number of aromatic nitrogens is 4. The van der Waals surface area contributed by atoms with Crippen molar-refractivity contribution >= 4 is 51.8 Å². The van der Waals surface area contributed by atoms with Gasteiger partial charge in [0.15, 0.2) is 17.0 Å². The lowest BCUT2D eigenvalue weighted by Gasteiger charge is -2.27. The van der Waals surface area contributed by atoms with Crippen LogP contribution in [0.15, 0.2) is 24.5 Å². The van der Waals surface area contributed by atoms with Gasteiger partial charge in [0.1, 0.15) is 0 Å². The third-order valence-corrected chi connectivity index (χ3v) is 7.24. The largest absolute Gasteiger partial charge is 0.351 e. The Hall–Kier alpha value is -2.13. The summed E-state index contributed by atoms with van der Waals surface area (Å²) < 4.78 is 2.16. The number of nitrogens with two attached hydrogens (primary N) is 2. The number of nitrogens with one attached hydrogen (secondary N) is 1. The van der Waals surface area contributed by atoms with Crippen LogP contribution in [0.3, 0.4) is 0 Å². The van der Waals surface area contributed by atoms with Gasteiger partial charge in [-0.2, -0.15) is 9.97 Å². The van der Waals surface area contributed by atoms with Crippen LogP contribution in [0.5, 0.6) is 0 Å². The number of para-hydroxylation sites is 1. The molecule has 2 fully saturated rings. The molecule has 8 nitrogen and oxygen atoms in total. The molecule has 0 bridgehead atoms. The van der Waals surface area contributed by atoms with Gasteiger partial charge in [0.05, 0.1) is 22.1 Å². The van der Waals surface area contributed by atoms with E-state index in [2.05, 4.69) is 14.9 Å². The van der Waals surface area contributed by atoms with Crippen LogP contribution in [0, 0.1) is 0 Å². The highest BCUT2D eigenvalue weighted by Crippen LogP contribution is 2.39. The second kappa shape index (κ2) is 9.02. The van der Waals surface area contributed by atoms with Gasteiger partial charge in [-0.25, -0.2) is 10.8 Å². The molecule has 5 N–H and O–H groups in total. The van der Waals surface area contributed by atoms with Gasteiger partial charge in [-0.3, -0.25) is 5.01 Å².